The fraction of sp³-hybridized carbons (Fsp3) is 0.176. The topological polar surface area (TPSA) is 49.4 Å². The van der Waals surface area contributed by atoms with Gasteiger partial charge in [0.1, 0.15) is 0 Å². The van der Waals surface area contributed by atoms with Crippen molar-refractivity contribution in [2.24, 2.45) is 5.92 Å². The Hall–Kier alpha value is -2.33. The van der Waals surface area contributed by atoms with Crippen LogP contribution in [0.5, 0.6) is 0 Å². The Morgan fingerprint density at radius 1 is 1.09 bits per heavy atom. The Kier molecular flexibility index (Phi) is 4.11. The van der Waals surface area contributed by atoms with Crippen LogP contribution in [0.15, 0.2) is 54.6 Å². The molecule has 1 N–H and O–H groups in total. The zero-order valence-corrected chi connectivity index (χ0v) is 12.6. The predicted octanol–water partition coefficient (Wildman–Crippen LogP) is 3.33. The van der Waals surface area contributed by atoms with Crippen molar-refractivity contribution < 1.29 is 9.59 Å². The van der Waals surface area contributed by atoms with E-state index in [1.54, 1.807) is 29.2 Å². The number of hydrogen-bond donors (Lipinski definition) is 1. The van der Waals surface area contributed by atoms with E-state index in [1.807, 2.05) is 30.3 Å². The second-order valence-electron chi connectivity index (χ2n) is 5.24. The van der Waals surface area contributed by atoms with Gasteiger partial charge in [0.2, 0.25) is 11.8 Å². The molecule has 0 bridgehead atoms. The van der Waals surface area contributed by atoms with Gasteiger partial charge in [0, 0.05) is 29.4 Å². The predicted molar refractivity (Wildman–Crippen MR) is 87.0 cm³/mol. The molecule has 1 saturated heterocycles. The van der Waals surface area contributed by atoms with Gasteiger partial charge in [-0.15, -0.1) is 0 Å². The van der Waals surface area contributed by atoms with Crippen molar-refractivity contribution in [2.75, 3.05) is 16.8 Å². The first-order valence-corrected chi connectivity index (χ1v) is 7.43. The number of benzene rings is 2. The van der Waals surface area contributed by atoms with E-state index in [4.69, 9.17) is 11.6 Å². The fourth-order valence-electron chi connectivity index (χ4n) is 2.52. The number of anilines is 2. The molecule has 0 aromatic heterocycles. The number of halogens is 1. The van der Waals surface area contributed by atoms with Gasteiger partial charge in [0.25, 0.3) is 0 Å². The lowest BCUT2D eigenvalue weighted by Crippen LogP contribution is -2.28. The molecule has 1 unspecified atom stereocenters. The summed E-state index contributed by atoms with van der Waals surface area (Å²) in [7, 11) is 0. The van der Waals surface area contributed by atoms with E-state index in [-0.39, 0.29) is 24.2 Å². The van der Waals surface area contributed by atoms with E-state index < -0.39 is 0 Å². The lowest BCUT2D eigenvalue weighted by molar-refractivity contribution is -0.122. The number of nitrogens with one attached hydrogen (secondary N) is 1. The Balaban J connectivity index is 1.67. The molecular formula is C17H15ClN2O2. The van der Waals surface area contributed by atoms with Gasteiger partial charge in [-0.05, 0) is 36.4 Å². The molecule has 1 heterocycles. The maximum atomic E-state index is 12.3. The summed E-state index contributed by atoms with van der Waals surface area (Å²) in [4.78, 5) is 26.1. The quantitative estimate of drug-likeness (QED) is 0.944. The highest BCUT2D eigenvalue weighted by Crippen LogP contribution is 2.26. The summed E-state index contributed by atoms with van der Waals surface area (Å²) >= 11 is 5.82. The van der Waals surface area contributed by atoms with Gasteiger partial charge in [-0.3, -0.25) is 9.59 Å². The monoisotopic (exact) mass is 314 g/mol. The highest BCUT2D eigenvalue weighted by Gasteiger charge is 2.35. The maximum Gasteiger partial charge on any atom is 0.229 e. The van der Waals surface area contributed by atoms with Crippen LogP contribution in [0.1, 0.15) is 6.42 Å². The molecule has 0 aliphatic carbocycles. The number of nitrogens with zero attached hydrogens (tertiary/aromatic N) is 1. The third-order valence-electron chi connectivity index (χ3n) is 3.68. The minimum atomic E-state index is -0.344. The molecule has 0 spiro atoms. The van der Waals surface area contributed by atoms with E-state index in [9.17, 15) is 9.59 Å². The standard InChI is InChI=1S/C17H15ClN2O2/c18-13-6-8-14(9-7-13)19-17(22)12-10-16(21)20(11-12)15-4-2-1-3-5-15/h1-9,12H,10-11H2,(H,19,22). The normalized spacial score (nSPS) is 17.6. The lowest BCUT2D eigenvalue weighted by Gasteiger charge is -2.16. The third kappa shape index (κ3) is 3.12. The Labute approximate surface area is 133 Å². The van der Waals surface area contributed by atoms with Crippen LogP contribution in [0.4, 0.5) is 11.4 Å². The molecule has 112 valence electrons. The highest BCUT2D eigenvalue weighted by molar-refractivity contribution is 6.30. The molecule has 2 aromatic carbocycles. The van der Waals surface area contributed by atoms with Gasteiger partial charge in [0.15, 0.2) is 0 Å². The van der Waals surface area contributed by atoms with E-state index in [2.05, 4.69) is 5.32 Å². The van der Waals surface area contributed by atoms with Gasteiger partial charge in [-0.25, -0.2) is 0 Å². The highest BCUT2D eigenvalue weighted by atomic mass is 35.5. The van der Waals surface area contributed by atoms with Crippen LogP contribution < -0.4 is 10.2 Å². The van der Waals surface area contributed by atoms with Crippen LogP contribution >= 0.6 is 11.6 Å². The molecule has 22 heavy (non-hydrogen) atoms. The van der Waals surface area contributed by atoms with Gasteiger partial charge in [0.05, 0.1) is 5.92 Å². The summed E-state index contributed by atoms with van der Waals surface area (Å²) in [5.74, 6) is -0.514. The van der Waals surface area contributed by atoms with E-state index in [0.29, 0.717) is 17.3 Å². The number of carbonyl (C=O) groups excluding carboxylic acids is 2. The van der Waals surface area contributed by atoms with Crippen LogP contribution in [0, 0.1) is 5.92 Å². The Morgan fingerprint density at radius 2 is 1.77 bits per heavy atom. The third-order valence-corrected chi connectivity index (χ3v) is 3.93. The summed E-state index contributed by atoms with van der Waals surface area (Å²) < 4.78 is 0. The minimum absolute atomic E-state index is 0.0255. The molecule has 3 rings (SSSR count). The summed E-state index contributed by atoms with van der Waals surface area (Å²) in [6, 6.07) is 16.3. The molecule has 1 aliphatic rings. The SMILES string of the molecule is O=C(Nc1ccc(Cl)cc1)C1CC(=O)N(c2ccccc2)C1. The van der Waals surface area contributed by atoms with Crippen molar-refractivity contribution in [1.29, 1.82) is 0 Å². The maximum absolute atomic E-state index is 12.3. The summed E-state index contributed by atoms with van der Waals surface area (Å²) in [6.45, 7) is 0.405. The second kappa shape index (κ2) is 6.20. The molecule has 4 nitrogen and oxygen atoms in total. The number of carbonyl (C=O) groups is 2. The molecule has 0 radical (unpaired) electrons. The fourth-order valence-corrected chi connectivity index (χ4v) is 2.64. The second-order valence-corrected chi connectivity index (χ2v) is 5.67. The summed E-state index contributed by atoms with van der Waals surface area (Å²) in [6.07, 6.45) is 0.230. The number of hydrogen-bond acceptors (Lipinski definition) is 2. The largest absolute Gasteiger partial charge is 0.326 e. The first-order chi connectivity index (χ1) is 10.6. The first-order valence-electron chi connectivity index (χ1n) is 7.05. The van der Waals surface area contributed by atoms with Gasteiger partial charge < -0.3 is 10.2 Å². The van der Waals surface area contributed by atoms with Crippen LogP contribution in [0.25, 0.3) is 0 Å². The van der Waals surface area contributed by atoms with Crippen LogP contribution in [0.3, 0.4) is 0 Å². The zero-order valence-electron chi connectivity index (χ0n) is 11.8. The molecule has 1 atom stereocenters. The summed E-state index contributed by atoms with van der Waals surface area (Å²) in [5.41, 5.74) is 1.51. The average molecular weight is 315 g/mol. The van der Waals surface area contributed by atoms with Crippen LogP contribution in [0.2, 0.25) is 5.02 Å². The van der Waals surface area contributed by atoms with E-state index in [1.165, 1.54) is 0 Å². The van der Waals surface area contributed by atoms with Crippen LogP contribution in [-0.2, 0) is 9.59 Å². The van der Waals surface area contributed by atoms with E-state index >= 15 is 0 Å². The number of para-hydroxylation sites is 1. The molecule has 1 fully saturated rings. The molecular weight excluding hydrogens is 300 g/mol. The Bertz CT molecular complexity index is 686. The van der Waals surface area contributed by atoms with Gasteiger partial charge >= 0.3 is 0 Å². The number of amides is 2. The van der Waals surface area contributed by atoms with Crippen molar-refractivity contribution in [3.63, 3.8) is 0 Å². The van der Waals surface area contributed by atoms with Crippen molar-refractivity contribution in [3.8, 4) is 0 Å². The number of rotatable bonds is 3. The molecule has 0 saturated carbocycles. The van der Waals surface area contributed by atoms with Crippen molar-refractivity contribution >= 4 is 34.8 Å². The van der Waals surface area contributed by atoms with Crippen molar-refractivity contribution in [2.45, 2.75) is 6.42 Å². The first kappa shape index (κ1) is 14.6. The van der Waals surface area contributed by atoms with Crippen LogP contribution in [-0.4, -0.2) is 18.4 Å². The lowest BCUT2D eigenvalue weighted by atomic mass is 10.1. The van der Waals surface area contributed by atoms with Gasteiger partial charge in [-0.2, -0.15) is 0 Å². The minimum Gasteiger partial charge on any atom is -0.326 e. The zero-order chi connectivity index (χ0) is 15.5. The van der Waals surface area contributed by atoms with Crippen molar-refractivity contribution in [3.05, 3.63) is 59.6 Å². The molecule has 2 amide bonds. The van der Waals surface area contributed by atoms with E-state index in [0.717, 1.165) is 5.69 Å². The van der Waals surface area contributed by atoms with Crippen molar-refractivity contribution in [1.82, 2.24) is 0 Å². The average Bonchev–Trinajstić information content (AvgIpc) is 2.92. The smallest absolute Gasteiger partial charge is 0.229 e. The van der Waals surface area contributed by atoms with Gasteiger partial charge in [-0.1, -0.05) is 29.8 Å². The molecule has 5 heteroatoms. The molecule has 1 aliphatic heterocycles. The Morgan fingerprint density at radius 3 is 2.45 bits per heavy atom. The molecule has 2 aromatic rings. The summed E-state index contributed by atoms with van der Waals surface area (Å²) in [5, 5.41) is 3.44.